The summed E-state index contributed by atoms with van der Waals surface area (Å²) in [6.45, 7) is 2.26. The number of nitrogens with one attached hydrogen (secondary N) is 3. The lowest BCUT2D eigenvalue weighted by atomic mass is 10.2. The van der Waals surface area contributed by atoms with Gasteiger partial charge in [0, 0.05) is 22.3 Å². The first kappa shape index (κ1) is 15.0. The molecule has 0 aliphatic rings. The molecule has 8 nitrogen and oxygen atoms in total. The van der Waals surface area contributed by atoms with E-state index in [2.05, 4.69) is 30.3 Å². The molecule has 3 aromatic rings. The number of benzene rings is 1. The van der Waals surface area contributed by atoms with Crippen molar-refractivity contribution in [3.63, 3.8) is 0 Å². The maximum atomic E-state index is 11.9. The standard InChI is InChI=1S/C14H13N5O3S/c1-8-7-23-11(16-8)6-15-13(20)17-10-4-2-3-9(5-10)12-18-14(21)22-19-12/h2-5,7H,6H2,1H3,(H2,15,17,20)(H,18,19,21). The van der Waals surface area contributed by atoms with Crippen molar-refractivity contribution in [3.05, 3.63) is 50.9 Å². The molecule has 2 heterocycles. The molecule has 9 heteroatoms. The number of carbonyl (C=O) groups excluding carboxylic acids is 1. The van der Waals surface area contributed by atoms with Gasteiger partial charge in [-0.15, -0.1) is 11.3 Å². The highest BCUT2D eigenvalue weighted by Crippen LogP contribution is 2.18. The number of anilines is 1. The summed E-state index contributed by atoms with van der Waals surface area (Å²) in [4.78, 5) is 29.6. The van der Waals surface area contributed by atoms with E-state index in [-0.39, 0.29) is 6.03 Å². The van der Waals surface area contributed by atoms with Crippen molar-refractivity contribution in [3.8, 4) is 11.4 Å². The Labute approximate surface area is 134 Å². The quantitative estimate of drug-likeness (QED) is 0.678. The van der Waals surface area contributed by atoms with E-state index in [0.717, 1.165) is 10.7 Å². The predicted molar refractivity (Wildman–Crippen MR) is 85.3 cm³/mol. The Kier molecular flexibility index (Phi) is 4.20. The third-order valence-corrected chi connectivity index (χ3v) is 3.87. The average Bonchev–Trinajstić information content (AvgIpc) is 3.14. The number of aromatic nitrogens is 3. The van der Waals surface area contributed by atoms with Crippen LogP contribution in [-0.4, -0.2) is 21.2 Å². The van der Waals surface area contributed by atoms with E-state index in [1.165, 1.54) is 11.3 Å². The molecule has 0 fully saturated rings. The van der Waals surface area contributed by atoms with Crippen molar-refractivity contribution >= 4 is 23.1 Å². The summed E-state index contributed by atoms with van der Waals surface area (Å²) in [6, 6.07) is 6.55. The van der Waals surface area contributed by atoms with Gasteiger partial charge in [-0.2, -0.15) is 0 Å². The number of rotatable bonds is 4. The maximum Gasteiger partial charge on any atom is 0.439 e. The molecule has 118 valence electrons. The van der Waals surface area contributed by atoms with Crippen molar-refractivity contribution in [2.24, 2.45) is 0 Å². The predicted octanol–water partition coefficient (Wildman–Crippen LogP) is 2.12. The molecule has 0 aliphatic carbocycles. The fourth-order valence-corrected chi connectivity index (χ4v) is 2.63. The Morgan fingerprint density at radius 3 is 3.00 bits per heavy atom. The molecule has 0 saturated heterocycles. The van der Waals surface area contributed by atoms with E-state index in [1.54, 1.807) is 24.3 Å². The molecule has 0 aliphatic heterocycles. The molecule has 0 saturated carbocycles. The molecule has 0 spiro atoms. The summed E-state index contributed by atoms with van der Waals surface area (Å²) in [7, 11) is 0. The van der Waals surface area contributed by atoms with Crippen LogP contribution < -0.4 is 16.4 Å². The normalized spacial score (nSPS) is 10.5. The van der Waals surface area contributed by atoms with Gasteiger partial charge in [-0.1, -0.05) is 17.3 Å². The Morgan fingerprint density at radius 1 is 1.43 bits per heavy atom. The van der Waals surface area contributed by atoms with Crippen LogP contribution in [0.1, 0.15) is 10.7 Å². The number of nitrogens with zero attached hydrogens (tertiary/aromatic N) is 2. The van der Waals surface area contributed by atoms with Gasteiger partial charge in [0.15, 0.2) is 5.82 Å². The van der Waals surface area contributed by atoms with E-state index in [4.69, 9.17) is 0 Å². The lowest BCUT2D eigenvalue weighted by Gasteiger charge is -2.07. The molecule has 2 amide bonds. The third kappa shape index (κ3) is 3.83. The molecule has 3 rings (SSSR count). The Morgan fingerprint density at radius 2 is 2.30 bits per heavy atom. The largest absolute Gasteiger partial charge is 0.439 e. The van der Waals surface area contributed by atoms with Crippen LogP contribution in [-0.2, 0) is 6.54 Å². The molecular formula is C14H13N5O3S. The first-order valence-corrected chi connectivity index (χ1v) is 7.60. The highest BCUT2D eigenvalue weighted by atomic mass is 32.1. The molecule has 3 N–H and O–H groups in total. The Balaban J connectivity index is 1.63. The molecule has 0 atom stereocenters. The first-order chi connectivity index (χ1) is 11.1. The molecule has 0 radical (unpaired) electrons. The number of aryl methyl sites for hydroxylation is 1. The Hall–Kier alpha value is -2.94. The number of amides is 2. The smallest absolute Gasteiger partial charge is 0.331 e. The number of thiazole rings is 1. The molecular weight excluding hydrogens is 318 g/mol. The van der Waals surface area contributed by atoms with Crippen LogP contribution in [0.2, 0.25) is 0 Å². The van der Waals surface area contributed by atoms with Crippen molar-refractivity contribution < 1.29 is 9.32 Å². The highest BCUT2D eigenvalue weighted by molar-refractivity contribution is 7.09. The topological polar surface area (TPSA) is 113 Å². The zero-order valence-corrected chi connectivity index (χ0v) is 12.9. The summed E-state index contributed by atoms with van der Waals surface area (Å²) >= 11 is 1.49. The lowest BCUT2D eigenvalue weighted by Crippen LogP contribution is -2.28. The maximum absolute atomic E-state index is 11.9. The van der Waals surface area contributed by atoms with Crippen LogP contribution in [0.15, 0.2) is 39.0 Å². The van der Waals surface area contributed by atoms with E-state index in [9.17, 15) is 9.59 Å². The molecule has 0 bridgehead atoms. The Bertz CT molecular complexity index is 882. The lowest BCUT2D eigenvalue weighted by molar-refractivity contribution is 0.251. The number of hydrogen-bond acceptors (Lipinski definition) is 6. The van der Waals surface area contributed by atoms with Gasteiger partial charge in [0.2, 0.25) is 0 Å². The van der Waals surface area contributed by atoms with Crippen LogP contribution in [0.5, 0.6) is 0 Å². The van der Waals surface area contributed by atoms with Crippen molar-refractivity contribution in [1.82, 2.24) is 20.4 Å². The summed E-state index contributed by atoms with van der Waals surface area (Å²) in [6.07, 6.45) is 0. The van der Waals surface area contributed by atoms with Crippen LogP contribution in [0.3, 0.4) is 0 Å². The van der Waals surface area contributed by atoms with Gasteiger partial charge in [-0.3, -0.25) is 9.51 Å². The number of hydrogen-bond donors (Lipinski definition) is 3. The minimum atomic E-state index is -0.630. The first-order valence-electron chi connectivity index (χ1n) is 6.72. The monoisotopic (exact) mass is 331 g/mol. The summed E-state index contributed by atoms with van der Waals surface area (Å²) < 4.78 is 4.46. The second-order valence-electron chi connectivity index (χ2n) is 4.71. The second-order valence-corrected chi connectivity index (χ2v) is 5.66. The van der Waals surface area contributed by atoms with Gasteiger partial charge < -0.3 is 10.6 Å². The van der Waals surface area contributed by atoms with E-state index in [0.29, 0.717) is 23.6 Å². The fourth-order valence-electron chi connectivity index (χ4n) is 1.91. The molecule has 0 unspecified atom stereocenters. The van der Waals surface area contributed by atoms with Gasteiger partial charge in [-0.05, 0) is 19.1 Å². The summed E-state index contributed by atoms with van der Waals surface area (Å²) in [5, 5.41) is 11.8. The summed E-state index contributed by atoms with van der Waals surface area (Å²) in [5.74, 6) is -0.327. The fraction of sp³-hybridized carbons (Fsp3) is 0.143. The van der Waals surface area contributed by atoms with Crippen LogP contribution >= 0.6 is 11.3 Å². The SMILES string of the molecule is Cc1csc(CNC(=O)Nc2cccc(-c3noc(=O)[nH]3)c2)n1. The van der Waals surface area contributed by atoms with Crippen molar-refractivity contribution in [2.45, 2.75) is 13.5 Å². The number of urea groups is 1. The number of carbonyl (C=O) groups is 1. The summed E-state index contributed by atoms with van der Waals surface area (Å²) in [5.41, 5.74) is 2.13. The highest BCUT2D eigenvalue weighted by Gasteiger charge is 2.07. The minimum absolute atomic E-state index is 0.303. The van der Waals surface area contributed by atoms with Gasteiger partial charge in [-0.25, -0.2) is 14.6 Å². The minimum Gasteiger partial charge on any atom is -0.331 e. The van der Waals surface area contributed by atoms with Gasteiger partial charge in [0.05, 0.1) is 6.54 Å². The van der Waals surface area contributed by atoms with Gasteiger partial charge >= 0.3 is 11.8 Å². The van der Waals surface area contributed by atoms with E-state index >= 15 is 0 Å². The zero-order chi connectivity index (χ0) is 16.2. The number of aromatic amines is 1. The molecule has 23 heavy (non-hydrogen) atoms. The molecule has 1 aromatic carbocycles. The van der Waals surface area contributed by atoms with Crippen LogP contribution in [0.4, 0.5) is 10.5 Å². The second kappa shape index (κ2) is 6.44. The van der Waals surface area contributed by atoms with Crippen LogP contribution in [0, 0.1) is 6.92 Å². The zero-order valence-electron chi connectivity index (χ0n) is 12.1. The van der Waals surface area contributed by atoms with Crippen molar-refractivity contribution in [1.29, 1.82) is 0 Å². The van der Waals surface area contributed by atoms with Crippen LogP contribution in [0.25, 0.3) is 11.4 Å². The third-order valence-electron chi connectivity index (χ3n) is 2.90. The molecule has 2 aromatic heterocycles. The van der Waals surface area contributed by atoms with Gasteiger partial charge in [0.1, 0.15) is 5.01 Å². The average molecular weight is 331 g/mol. The van der Waals surface area contributed by atoms with Gasteiger partial charge in [0.25, 0.3) is 0 Å². The van der Waals surface area contributed by atoms with E-state index < -0.39 is 5.76 Å². The van der Waals surface area contributed by atoms with Crippen molar-refractivity contribution in [2.75, 3.05) is 5.32 Å². The number of H-pyrrole nitrogens is 1. The van der Waals surface area contributed by atoms with E-state index in [1.807, 2.05) is 12.3 Å².